The molecule has 45 heavy (non-hydrogen) atoms. The summed E-state index contributed by atoms with van der Waals surface area (Å²) in [5, 5.41) is 25.1. The number of hydrogen-bond acceptors (Lipinski definition) is 7. The fourth-order valence-electron chi connectivity index (χ4n) is 4.94. The zero-order chi connectivity index (χ0) is 32.1. The lowest BCUT2D eigenvalue weighted by Crippen LogP contribution is -2.44. The van der Waals surface area contributed by atoms with Gasteiger partial charge in [0.25, 0.3) is 5.69 Å². The first-order valence-corrected chi connectivity index (χ1v) is 15.3. The molecule has 230 valence electrons. The average Bonchev–Trinajstić information content (AvgIpc) is 3.36. The molecule has 1 amide bonds. The van der Waals surface area contributed by atoms with Gasteiger partial charge < -0.3 is 19.6 Å². The fourth-order valence-corrected chi connectivity index (χ4v) is 5.85. The highest BCUT2D eigenvalue weighted by Crippen LogP contribution is 2.40. The van der Waals surface area contributed by atoms with E-state index in [4.69, 9.17) is 9.15 Å². The second kappa shape index (κ2) is 13.3. The van der Waals surface area contributed by atoms with Gasteiger partial charge in [-0.1, -0.05) is 66.7 Å². The Morgan fingerprint density at radius 1 is 0.956 bits per heavy atom. The third-order valence-electron chi connectivity index (χ3n) is 6.93. The highest BCUT2D eigenvalue weighted by Gasteiger charge is 2.25. The van der Waals surface area contributed by atoms with Crippen LogP contribution in [0, 0.1) is 10.1 Å². The number of amides is 1. The van der Waals surface area contributed by atoms with Crippen LogP contribution in [0.15, 0.2) is 106 Å². The standard InChI is InChI=1S/C35H32N2O7S/c1-35(2,3)44-34(40)36-28(33(38)39)21-45-25-16-13-23(14-17-25)26-18-15-24(20-29(26)37(41)42)32-27-11-7-8-12-30(27)43-31(32)19-22-9-5-4-6-10-22/h4-18,20,28H,19,21H2,1-3H3,(H,36,40)(H,38,39)/t28-/m0/s1. The SMILES string of the molecule is CC(C)(C)OC(=O)N[C@@H](CSc1ccc(-c2ccc(-c3c(Cc4ccccc4)oc4ccccc34)cc2[N+](=O)[O-])cc1)C(=O)O. The third-order valence-corrected chi connectivity index (χ3v) is 8.04. The van der Waals surface area contributed by atoms with Gasteiger partial charge in [0, 0.05) is 34.1 Å². The van der Waals surface area contributed by atoms with Gasteiger partial charge in [-0.25, -0.2) is 9.59 Å². The second-order valence-electron chi connectivity index (χ2n) is 11.4. The average molecular weight is 625 g/mol. The van der Waals surface area contributed by atoms with E-state index in [-0.39, 0.29) is 16.4 Å². The van der Waals surface area contributed by atoms with E-state index in [2.05, 4.69) is 5.32 Å². The molecule has 0 aliphatic carbocycles. The Labute approximate surface area is 264 Å². The maximum atomic E-state index is 12.3. The van der Waals surface area contributed by atoms with Crippen molar-refractivity contribution in [3.05, 3.63) is 118 Å². The largest absolute Gasteiger partial charge is 0.480 e. The number of hydrogen-bond donors (Lipinski definition) is 2. The summed E-state index contributed by atoms with van der Waals surface area (Å²) in [6.07, 6.45) is -0.271. The van der Waals surface area contributed by atoms with E-state index >= 15 is 0 Å². The molecule has 1 heterocycles. The number of furan rings is 1. The number of para-hydroxylation sites is 1. The molecule has 0 fully saturated rings. The number of fused-ring (bicyclic) bond motifs is 1. The molecule has 10 heteroatoms. The van der Waals surface area contributed by atoms with E-state index in [1.165, 1.54) is 11.8 Å². The van der Waals surface area contributed by atoms with Crippen LogP contribution in [-0.4, -0.2) is 39.5 Å². The number of nitrogens with one attached hydrogen (secondary N) is 1. The molecule has 0 aliphatic heterocycles. The van der Waals surface area contributed by atoms with Crippen molar-refractivity contribution in [2.45, 2.75) is 43.7 Å². The molecule has 0 unspecified atom stereocenters. The Balaban J connectivity index is 1.39. The smallest absolute Gasteiger partial charge is 0.408 e. The van der Waals surface area contributed by atoms with E-state index in [9.17, 15) is 24.8 Å². The molecule has 5 rings (SSSR count). The van der Waals surface area contributed by atoms with Crippen LogP contribution in [-0.2, 0) is 16.0 Å². The van der Waals surface area contributed by atoms with Gasteiger partial charge in [-0.15, -0.1) is 11.8 Å². The van der Waals surface area contributed by atoms with Crippen LogP contribution in [0.25, 0.3) is 33.2 Å². The molecular weight excluding hydrogens is 592 g/mol. The predicted octanol–water partition coefficient (Wildman–Crippen LogP) is 8.34. The maximum absolute atomic E-state index is 12.3. The van der Waals surface area contributed by atoms with Gasteiger partial charge in [-0.2, -0.15) is 0 Å². The Hall–Kier alpha value is -5.09. The summed E-state index contributed by atoms with van der Waals surface area (Å²) in [6.45, 7) is 5.08. The monoisotopic (exact) mass is 624 g/mol. The van der Waals surface area contributed by atoms with Crippen molar-refractivity contribution >= 4 is 40.5 Å². The highest BCUT2D eigenvalue weighted by molar-refractivity contribution is 7.99. The number of carbonyl (C=O) groups excluding carboxylic acids is 1. The lowest BCUT2D eigenvalue weighted by Gasteiger charge is -2.21. The number of nitro groups is 1. The van der Waals surface area contributed by atoms with Crippen molar-refractivity contribution in [3.8, 4) is 22.3 Å². The molecule has 1 aromatic heterocycles. The number of thioether (sulfide) groups is 1. The summed E-state index contributed by atoms with van der Waals surface area (Å²) in [4.78, 5) is 36.4. The van der Waals surface area contributed by atoms with E-state index in [1.54, 1.807) is 57.2 Å². The first-order valence-electron chi connectivity index (χ1n) is 14.3. The molecule has 0 saturated heterocycles. The molecule has 0 spiro atoms. The summed E-state index contributed by atoms with van der Waals surface area (Å²) in [7, 11) is 0. The number of aliphatic carboxylic acids is 1. The van der Waals surface area contributed by atoms with Gasteiger partial charge in [0.2, 0.25) is 0 Å². The van der Waals surface area contributed by atoms with Gasteiger partial charge in [0.15, 0.2) is 0 Å². The summed E-state index contributed by atoms with van der Waals surface area (Å²) in [5.41, 5.74) is 3.58. The van der Waals surface area contributed by atoms with Gasteiger partial charge in [-0.05, 0) is 61.7 Å². The number of ether oxygens (including phenoxy) is 1. The van der Waals surface area contributed by atoms with Crippen molar-refractivity contribution in [2.24, 2.45) is 0 Å². The number of carboxylic acids is 1. The Kier molecular flexibility index (Phi) is 9.24. The van der Waals surface area contributed by atoms with Crippen LogP contribution in [0.5, 0.6) is 0 Å². The normalized spacial score (nSPS) is 12.1. The zero-order valence-electron chi connectivity index (χ0n) is 25.0. The molecule has 2 N–H and O–H groups in total. The van der Waals surface area contributed by atoms with Crippen molar-refractivity contribution in [3.63, 3.8) is 0 Å². The Morgan fingerprint density at radius 2 is 1.62 bits per heavy atom. The van der Waals surface area contributed by atoms with Crippen LogP contribution in [0.4, 0.5) is 10.5 Å². The zero-order valence-corrected chi connectivity index (χ0v) is 25.8. The number of rotatable bonds is 10. The number of nitrogens with zero attached hydrogens (tertiary/aromatic N) is 1. The van der Waals surface area contributed by atoms with Gasteiger partial charge in [0.1, 0.15) is 23.0 Å². The van der Waals surface area contributed by atoms with Crippen molar-refractivity contribution in [1.29, 1.82) is 0 Å². The van der Waals surface area contributed by atoms with Gasteiger partial charge >= 0.3 is 12.1 Å². The lowest BCUT2D eigenvalue weighted by atomic mass is 9.95. The van der Waals surface area contributed by atoms with Crippen molar-refractivity contribution < 1.29 is 28.8 Å². The first kappa shape index (κ1) is 31.3. The van der Waals surface area contributed by atoms with E-state index in [1.807, 2.05) is 60.7 Å². The number of benzene rings is 4. The summed E-state index contributed by atoms with van der Waals surface area (Å²) < 4.78 is 11.4. The van der Waals surface area contributed by atoms with Crippen LogP contribution < -0.4 is 5.32 Å². The maximum Gasteiger partial charge on any atom is 0.408 e. The summed E-state index contributed by atoms with van der Waals surface area (Å²) in [6, 6.07) is 28.7. The van der Waals surface area contributed by atoms with Crippen LogP contribution >= 0.6 is 11.8 Å². The molecule has 0 radical (unpaired) electrons. The number of carbonyl (C=O) groups is 2. The summed E-state index contributed by atoms with van der Waals surface area (Å²) in [5.74, 6) is -0.392. The molecule has 0 bridgehead atoms. The third kappa shape index (κ3) is 7.71. The lowest BCUT2D eigenvalue weighted by molar-refractivity contribution is -0.384. The molecular formula is C35H32N2O7S. The van der Waals surface area contributed by atoms with E-state index < -0.39 is 23.7 Å². The molecule has 5 aromatic rings. The second-order valence-corrected chi connectivity index (χ2v) is 12.5. The highest BCUT2D eigenvalue weighted by atomic mass is 32.2. The number of alkyl carbamates (subject to hydrolysis) is 1. The van der Waals surface area contributed by atoms with Crippen LogP contribution in [0.3, 0.4) is 0 Å². The molecule has 0 aliphatic rings. The minimum absolute atomic E-state index is 0.0450. The van der Waals surface area contributed by atoms with Gasteiger partial charge in [0.05, 0.1) is 10.5 Å². The predicted molar refractivity (Wildman–Crippen MR) is 175 cm³/mol. The van der Waals surface area contributed by atoms with Crippen LogP contribution in [0.2, 0.25) is 0 Å². The molecule has 9 nitrogen and oxygen atoms in total. The molecule has 4 aromatic carbocycles. The number of nitro benzene ring substituents is 1. The minimum atomic E-state index is -1.18. The van der Waals surface area contributed by atoms with E-state index in [0.717, 1.165) is 27.2 Å². The van der Waals surface area contributed by atoms with E-state index in [0.29, 0.717) is 28.7 Å². The quantitative estimate of drug-likeness (QED) is 0.0900. The molecule has 0 saturated carbocycles. The van der Waals surface area contributed by atoms with Gasteiger partial charge in [-0.3, -0.25) is 10.1 Å². The van der Waals surface area contributed by atoms with Crippen LogP contribution in [0.1, 0.15) is 32.1 Å². The Morgan fingerprint density at radius 3 is 2.29 bits per heavy atom. The van der Waals surface area contributed by atoms with Crippen molar-refractivity contribution in [1.82, 2.24) is 5.32 Å². The topological polar surface area (TPSA) is 132 Å². The molecule has 1 atom stereocenters. The minimum Gasteiger partial charge on any atom is -0.480 e. The first-order chi connectivity index (χ1) is 21.5. The fraction of sp³-hybridized carbons (Fsp3) is 0.200. The summed E-state index contributed by atoms with van der Waals surface area (Å²) >= 11 is 1.24. The number of carboxylic acid groups (broad SMARTS) is 1. The van der Waals surface area contributed by atoms with Crippen molar-refractivity contribution in [2.75, 3.05) is 5.75 Å². The Bertz CT molecular complexity index is 1840.